The van der Waals surface area contributed by atoms with Gasteiger partial charge >= 0.3 is 0 Å². The van der Waals surface area contributed by atoms with Crippen LogP contribution < -0.4 is 9.47 Å². The van der Waals surface area contributed by atoms with Crippen molar-refractivity contribution in [2.45, 2.75) is 20.0 Å². The molecule has 0 spiro atoms. The Morgan fingerprint density at radius 3 is 2.37 bits per heavy atom. The molecule has 0 aliphatic rings. The minimum Gasteiger partial charge on any atom is -0.497 e. The SMILES string of the molecule is COc1ccc(C(C)=O)c(OC(C)C(=O)N(C)C)c1. The van der Waals surface area contributed by atoms with E-state index in [0.29, 0.717) is 17.1 Å². The number of amides is 1. The number of ketones is 1. The van der Waals surface area contributed by atoms with Crippen LogP contribution in [0.4, 0.5) is 0 Å². The zero-order valence-electron chi connectivity index (χ0n) is 11.9. The number of methoxy groups -OCH3 is 1. The van der Waals surface area contributed by atoms with Crippen LogP contribution in [0.5, 0.6) is 11.5 Å². The third-order valence-electron chi connectivity index (χ3n) is 2.66. The Bertz CT molecular complexity index is 482. The molecule has 1 rings (SSSR count). The summed E-state index contributed by atoms with van der Waals surface area (Å²) in [4.78, 5) is 24.7. The Morgan fingerprint density at radius 1 is 1.26 bits per heavy atom. The fourth-order valence-corrected chi connectivity index (χ4v) is 1.62. The Morgan fingerprint density at radius 2 is 1.89 bits per heavy atom. The molecule has 0 aromatic heterocycles. The molecule has 19 heavy (non-hydrogen) atoms. The topological polar surface area (TPSA) is 55.8 Å². The minimum atomic E-state index is -0.666. The van der Waals surface area contributed by atoms with E-state index in [9.17, 15) is 9.59 Å². The number of likely N-dealkylation sites (N-methyl/N-ethyl adjacent to an activating group) is 1. The summed E-state index contributed by atoms with van der Waals surface area (Å²) < 4.78 is 10.7. The molecule has 0 fully saturated rings. The lowest BCUT2D eigenvalue weighted by Gasteiger charge is -2.19. The molecule has 0 aliphatic carbocycles. The predicted molar refractivity (Wildman–Crippen MR) is 71.8 cm³/mol. The Labute approximate surface area is 113 Å². The highest BCUT2D eigenvalue weighted by Gasteiger charge is 2.19. The van der Waals surface area contributed by atoms with E-state index in [1.807, 2.05) is 0 Å². The second-order valence-corrected chi connectivity index (χ2v) is 4.41. The van der Waals surface area contributed by atoms with Gasteiger partial charge in [-0.2, -0.15) is 0 Å². The number of hydrogen-bond acceptors (Lipinski definition) is 4. The van der Waals surface area contributed by atoms with Crippen molar-refractivity contribution in [2.24, 2.45) is 0 Å². The van der Waals surface area contributed by atoms with Crippen LogP contribution in [-0.2, 0) is 4.79 Å². The molecule has 0 radical (unpaired) electrons. The number of benzene rings is 1. The molecule has 0 bridgehead atoms. The van der Waals surface area contributed by atoms with Crippen LogP contribution >= 0.6 is 0 Å². The molecule has 0 N–H and O–H groups in total. The van der Waals surface area contributed by atoms with Crippen molar-refractivity contribution in [1.82, 2.24) is 4.90 Å². The predicted octanol–water partition coefficient (Wildman–Crippen LogP) is 1.75. The Balaban J connectivity index is 3.04. The third-order valence-corrected chi connectivity index (χ3v) is 2.66. The largest absolute Gasteiger partial charge is 0.497 e. The molecule has 0 heterocycles. The van der Waals surface area contributed by atoms with Crippen LogP contribution in [0.1, 0.15) is 24.2 Å². The Kier molecular flexibility index (Phi) is 4.92. The number of nitrogens with zero attached hydrogens (tertiary/aromatic N) is 1. The normalized spacial score (nSPS) is 11.6. The maximum absolute atomic E-state index is 11.8. The van der Waals surface area contributed by atoms with Gasteiger partial charge in [0.2, 0.25) is 0 Å². The first-order valence-corrected chi connectivity index (χ1v) is 5.93. The molecule has 5 nitrogen and oxygen atoms in total. The van der Waals surface area contributed by atoms with E-state index in [-0.39, 0.29) is 11.7 Å². The molecule has 1 aromatic rings. The lowest BCUT2D eigenvalue weighted by Crippen LogP contribution is -2.35. The van der Waals surface area contributed by atoms with E-state index >= 15 is 0 Å². The van der Waals surface area contributed by atoms with Crippen molar-refractivity contribution in [3.8, 4) is 11.5 Å². The summed E-state index contributed by atoms with van der Waals surface area (Å²) in [5.74, 6) is 0.638. The van der Waals surface area contributed by atoms with Crippen LogP contribution in [0.2, 0.25) is 0 Å². The summed E-state index contributed by atoms with van der Waals surface area (Å²) >= 11 is 0. The third kappa shape index (κ3) is 3.71. The summed E-state index contributed by atoms with van der Waals surface area (Å²) in [6.45, 7) is 3.10. The summed E-state index contributed by atoms with van der Waals surface area (Å²) in [7, 11) is 4.83. The summed E-state index contributed by atoms with van der Waals surface area (Å²) in [5, 5.41) is 0. The van der Waals surface area contributed by atoms with Gasteiger partial charge in [-0.3, -0.25) is 9.59 Å². The van der Waals surface area contributed by atoms with Gasteiger partial charge in [0.15, 0.2) is 11.9 Å². The molecule has 1 unspecified atom stereocenters. The van der Waals surface area contributed by atoms with E-state index < -0.39 is 6.10 Å². The molecular formula is C14H19NO4. The number of ether oxygens (including phenoxy) is 2. The van der Waals surface area contributed by atoms with E-state index in [1.165, 1.54) is 18.9 Å². The van der Waals surface area contributed by atoms with E-state index in [2.05, 4.69) is 0 Å². The van der Waals surface area contributed by atoms with Crippen molar-refractivity contribution in [3.63, 3.8) is 0 Å². The first-order chi connectivity index (χ1) is 8.86. The van der Waals surface area contributed by atoms with E-state index in [0.717, 1.165) is 0 Å². The fourth-order valence-electron chi connectivity index (χ4n) is 1.62. The number of hydrogen-bond donors (Lipinski definition) is 0. The lowest BCUT2D eigenvalue weighted by atomic mass is 10.1. The first-order valence-electron chi connectivity index (χ1n) is 5.93. The summed E-state index contributed by atoms with van der Waals surface area (Å²) in [6, 6.07) is 4.92. The monoisotopic (exact) mass is 265 g/mol. The van der Waals surface area contributed by atoms with E-state index in [1.54, 1.807) is 39.2 Å². The van der Waals surface area contributed by atoms with E-state index in [4.69, 9.17) is 9.47 Å². The van der Waals surface area contributed by atoms with Gasteiger partial charge in [-0.25, -0.2) is 0 Å². The molecule has 0 aliphatic heterocycles. The highest BCUT2D eigenvalue weighted by atomic mass is 16.5. The minimum absolute atomic E-state index is 0.123. The van der Waals surface area contributed by atoms with Gasteiger partial charge < -0.3 is 14.4 Å². The van der Waals surface area contributed by atoms with Crippen molar-refractivity contribution >= 4 is 11.7 Å². The van der Waals surface area contributed by atoms with Crippen LogP contribution in [-0.4, -0.2) is 43.9 Å². The molecule has 1 amide bonds. The summed E-state index contributed by atoms with van der Waals surface area (Å²) in [5.41, 5.74) is 0.430. The van der Waals surface area contributed by atoms with Gasteiger partial charge in [-0.1, -0.05) is 0 Å². The molecule has 1 aromatic carbocycles. The van der Waals surface area contributed by atoms with Crippen LogP contribution in [0.25, 0.3) is 0 Å². The molecule has 104 valence electrons. The lowest BCUT2D eigenvalue weighted by molar-refractivity contribution is -0.135. The Hall–Kier alpha value is -2.04. The van der Waals surface area contributed by atoms with Crippen LogP contribution in [0, 0.1) is 0 Å². The maximum atomic E-state index is 11.8. The van der Waals surface area contributed by atoms with Gasteiger partial charge in [0.1, 0.15) is 11.5 Å². The molecular weight excluding hydrogens is 246 g/mol. The van der Waals surface area contributed by atoms with Crippen molar-refractivity contribution in [1.29, 1.82) is 0 Å². The first kappa shape index (κ1) is 15.0. The van der Waals surface area contributed by atoms with Crippen molar-refractivity contribution in [3.05, 3.63) is 23.8 Å². The zero-order chi connectivity index (χ0) is 14.6. The average molecular weight is 265 g/mol. The zero-order valence-corrected chi connectivity index (χ0v) is 11.9. The quantitative estimate of drug-likeness (QED) is 0.761. The standard InChI is InChI=1S/C14H19NO4/c1-9(16)12-7-6-11(18-5)8-13(12)19-10(2)14(17)15(3)4/h6-8,10H,1-5H3. The molecule has 5 heteroatoms. The highest BCUT2D eigenvalue weighted by Crippen LogP contribution is 2.26. The van der Waals surface area contributed by atoms with Crippen molar-refractivity contribution in [2.75, 3.05) is 21.2 Å². The number of carbonyl (C=O) groups is 2. The molecule has 0 saturated carbocycles. The second kappa shape index (κ2) is 6.22. The van der Waals surface area contributed by atoms with Gasteiger partial charge in [-0.05, 0) is 26.0 Å². The average Bonchev–Trinajstić information content (AvgIpc) is 2.36. The van der Waals surface area contributed by atoms with Gasteiger partial charge in [0, 0.05) is 20.2 Å². The molecule has 1 atom stereocenters. The van der Waals surface area contributed by atoms with Crippen LogP contribution in [0.15, 0.2) is 18.2 Å². The van der Waals surface area contributed by atoms with Gasteiger partial charge in [0.05, 0.1) is 12.7 Å². The molecule has 0 saturated heterocycles. The number of Topliss-reactive ketones (excluding diaryl/α,β-unsaturated/α-hetero) is 1. The van der Waals surface area contributed by atoms with Gasteiger partial charge in [0.25, 0.3) is 5.91 Å². The fraction of sp³-hybridized carbons (Fsp3) is 0.429. The second-order valence-electron chi connectivity index (χ2n) is 4.41. The highest BCUT2D eigenvalue weighted by molar-refractivity contribution is 5.97. The van der Waals surface area contributed by atoms with Crippen molar-refractivity contribution < 1.29 is 19.1 Å². The van der Waals surface area contributed by atoms with Crippen LogP contribution in [0.3, 0.4) is 0 Å². The smallest absolute Gasteiger partial charge is 0.262 e. The maximum Gasteiger partial charge on any atom is 0.262 e. The number of rotatable bonds is 5. The summed E-state index contributed by atoms with van der Waals surface area (Å²) in [6.07, 6.45) is -0.666. The number of carbonyl (C=O) groups excluding carboxylic acids is 2. The van der Waals surface area contributed by atoms with Gasteiger partial charge in [-0.15, -0.1) is 0 Å².